The van der Waals surface area contributed by atoms with Gasteiger partial charge in [-0.15, -0.1) is 0 Å². The maximum Gasteiger partial charge on any atom is 0.319 e. The Morgan fingerprint density at radius 3 is 2.58 bits per heavy atom. The minimum atomic E-state index is -0.146. The average molecular weight is 353 g/mol. The number of carbonyl (C=O) groups excluding carboxylic acids is 1. The molecular formula is C21H27N3O2. The van der Waals surface area contributed by atoms with Crippen LogP contribution in [0.5, 0.6) is 0 Å². The predicted octanol–water partition coefficient (Wildman–Crippen LogP) is 3.44. The van der Waals surface area contributed by atoms with Crippen LogP contribution in [-0.2, 0) is 4.74 Å². The predicted molar refractivity (Wildman–Crippen MR) is 105 cm³/mol. The van der Waals surface area contributed by atoms with Crippen LogP contribution in [0.3, 0.4) is 0 Å². The molecular weight excluding hydrogens is 326 g/mol. The van der Waals surface area contributed by atoms with Crippen LogP contribution in [0.2, 0.25) is 0 Å². The van der Waals surface area contributed by atoms with E-state index < -0.39 is 0 Å². The molecule has 0 aliphatic carbocycles. The van der Waals surface area contributed by atoms with Gasteiger partial charge in [0.05, 0.1) is 6.61 Å². The summed E-state index contributed by atoms with van der Waals surface area (Å²) in [4.78, 5) is 14.5. The van der Waals surface area contributed by atoms with Crippen LogP contribution in [0.25, 0.3) is 11.1 Å². The molecule has 5 nitrogen and oxygen atoms in total. The van der Waals surface area contributed by atoms with E-state index >= 15 is 0 Å². The van der Waals surface area contributed by atoms with E-state index in [0.29, 0.717) is 12.5 Å². The molecule has 0 aromatic heterocycles. The zero-order valence-corrected chi connectivity index (χ0v) is 15.3. The molecule has 0 unspecified atom stereocenters. The topological polar surface area (TPSA) is 53.6 Å². The molecule has 1 saturated heterocycles. The first kappa shape index (κ1) is 18.4. The number of urea groups is 1. The fraction of sp³-hybridized carbons (Fsp3) is 0.381. The molecule has 2 N–H and O–H groups in total. The zero-order chi connectivity index (χ0) is 18.2. The van der Waals surface area contributed by atoms with Crippen LogP contribution < -0.4 is 10.6 Å². The van der Waals surface area contributed by atoms with Crippen molar-refractivity contribution in [1.82, 2.24) is 10.2 Å². The highest BCUT2D eigenvalue weighted by Crippen LogP contribution is 2.21. The van der Waals surface area contributed by atoms with Gasteiger partial charge >= 0.3 is 6.03 Å². The number of amides is 2. The number of nitrogens with zero attached hydrogens (tertiary/aromatic N) is 1. The van der Waals surface area contributed by atoms with Gasteiger partial charge in [0.25, 0.3) is 0 Å². The van der Waals surface area contributed by atoms with Gasteiger partial charge in [0, 0.05) is 32.4 Å². The van der Waals surface area contributed by atoms with Gasteiger partial charge < -0.3 is 20.3 Å². The Labute approximate surface area is 155 Å². The first-order valence-corrected chi connectivity index (χ1v) is 9.16. The van der Waals surface area contributed by atoms with Gasteiger partial charge in [-0.05, 0) is 42.1 Å². The number of nitrogens with one attached hydrogen (secondary N) is 2. The number of carbonyl (C=O) groups is 1. The second-order valence-electron chi connectivity index (χ2n) is 6.73. The van der Waals surface area contributed by atoms with Crippen molar-refractivity contribution in [3.8, 4) is 11.1 Å². The molecule has 0 saturated carbocycles. The summed E-state index contributed by atoms with van der Waals surface area (Å²) >= 11 is 0. The molecule has 1 aliphatic heterocycles. The average Bonchev–Trinajstić information content (AvgIpc) is 3.14. The quantitative estimate of drug-likeness (QED) is 0.802. The molecule has 0 radical (unpaired) electrons. The van der Waals surface area contributed by atoms with Gasteiger partial charge in [0.15, 0.2) is 0 Å². The van der Waals surface area contributed by atoms with Gasteiger partial charge in [-0.2, -0.15) is 0 Å². The fourth-order valence-corrected chi connectivity index (χ4v) is 3.29. The van der Waals surface area contributed by atoms with Crippen molar-refractivity contribution in [3.05, 3.63) is 54.6 Å². The number of ether oxygens (including phenoxy) is 1. The number of anilines is 1. The number of methoxy groups -OCH3 is 1. The Kier molecular flexibility index (Phi) is 6.63. The molecule has 138 valence electrons. The summed E-state index contributed by atoms with van der Waals surface area (Å²) in [5.41, 5.74) is 3.11. The Morgan fingerprint density at radius 1 is 1.12 bits per heavy atom. The number of hydrogen-bond donors (Lipinski definition) is 2. The van der Waals surface area contributed by atoms with Gasteiger partial charge in [-0.25, -0.2) is 4.79 Å². The third-order valence-electron chi connectivity index (χ3n) is 4.78. The van der Waals surface area contributed by atoms with Gasteiger partial charge in [-0.3, -0.25) is 0 Å². The number of hydrogen-bond acceptors (Lipinski definition) is 3. The molecule has 0 bridgehead atoms. The summed E-state index contributed by atoms with van der Waals surface area (Å²) in [5.74, 6) is 0.512. The Balaban J connectivity index is 1.42. The minimum Gasteiger partial charge on any atom is -0.383 e. The standard InChI is InChI=1S/C21H27N3O2/c1-26-14-13-24-12-11-17(16-24)15-22-21(25)23-20-9-7-19(8-10-20)18-5-3-2-4-6-18/h2-10,17H,11-16H2,1H3,(H2,22,23,25)/t17-/m0/s1. The molecule has 2 aromatic rings. The van der Waals surface area contributed by atoms with E-state index in [-0.39, 0.29) is 6.03 Å². The Morgan fingerprint density at radius 2 is 1.85 bits per heavy atom. The summed E-state index contributed by atoms with van der Waals surface area (Å²) in [6.07, 6.45) is 1.12. The molecule has 1 heterocycles. The number of rotatable bonds is 7. The number of likely N-dealkylation sites (tertiary alicyclic amines) is 1. The van der Waals surface area contributed by atoms with E-state index in [0.717, 1.165) is 43.9 Å². The zero-order valence-electron chi connectivity index (χ0n) is 15.3. The lowest BCUT2D eigenvalue weighted by molar-refractivity contribution is 0.159. The van der Waals surface area contributed by atoms with E-state index in [1.165, 1.54) is 5.56 Å². The molecule has 5 heteroatoms. The van der Waals surface area contributed by atoms with E-state index in [2.05, 4.69) is 27.7 Å². The third kappa shape index (κ3) is 5.31. The SMILES string of the molecule is COCCN1CC[C@@H](CNC(=O)Nc2ccc(-c3ccccc3)cc2)C1. The smallest absolute Gasteiger partial charge is 0.319 e. The maximum absolute atomic E-state index is 12.1. The monoisotopic (exact) mass is 353 g/mol. The first-order valence-electron chi connectivity index (χ1n) is 9.16. The molecule has 2 aromatic carbocycles. The van der Waals surface area contributed by atoms with Crippen LogP contribution in [0, 0.1) is 5.92 Å². The normalized spacial score (nSPS) is 17.2. The molecule has 2 amide bonds. The van der Waals surface area contributed by atoms with Crippen molar-refractivity contribution in [2.45, 2.75) is 6.42 Å². The molecule has 1 atom stereocenters. The van der Waals surface area contributed by atoms with E-state index in [9.17, 15) is 4.79 Å². The molecule has 1 aliphatic rings. The van der Waals surface area contributed by atoms with Crippen LogP contribution >= 0.6 is 0 Å². The molecule has 26 heavy (non-hydrogen) atoms. The number of benzene rings is 2. The van der Waals surface area contributed by atoms with Crippen molar-refractivity contribution in [1.29, 1.82) is 0 Å². The summed E-state index contributed by atoms with van der Waals surface area (Å²) in [6, 6.07) is 18.0. The highest BCUT2D eigenvalue weighted by atomic mass is 16.5. The summed E-state index contributed by atoms with van der Waals surface area (Å²) in [6.45, 7) is 4.54. The lowest BCUT2D eigenvalue weighted by Gasteiger charge is -2.15. The van der Waals surface area contributed by atoms with Crippen molar-refractivity contribution < 1.29 is 9.53 Å². The molecule has 3 rings (SSSR count). The first-order chi connectivity index (χ1) is 12.7. The lowest BCUT2D eigenvalue weighted by atomic mass is 10.1. The highest BCUT2D eigenvalue weighted by molar-refractivity contribution is 5.89. The van der Waals surface area contributed by atoms with Gasteiger partial charge in [0.1, 0.15) is 0 Å². The molecule has 1 fully saturated rings. The van der Waals surface area contributed by atoms with Crippen LogP contribution in [0.4, 0.5) is 10.5 Å². The summed E-state index contributed by atoms with van der Waals surface area (Å²) < 4.78 is 5.12. The Bertz CT molecular complexity index is 688. The molecule has 0 spiro atoms. The van der Waals surface area contributed by atoms with E-state index in [1.807, 2.05) is 42.5 Å². The van der Waals surface area contributed by atoms with Gasteiger partial charge in [-0.1, -0.05) is 42.5 Å². The van der Waals surface area contributed by atoms with Crippen LogP contribution in [-0.4, -0.2) is 50.8 Å². The third-order valence-corrected chi connectivity index (χ3v) is 4.78. The van der Waals surface area contributed by atoms with Crippen molar-refractivity contribution in [3.63, 3.8) is 0 Å². The summed E-state index contributed by atoms with van der Waals surface area (Å²) in [5, 5.41) is 5.89. The van der Waals surface area contributed by atoms with E-state index in [4.69, 9.17) is 4.74 Å². The fourth-order valence-electron chi connectivity index (χ4n) is 3.29. The largest absolute Gasteiger partial charge is 0.383 e. The van der Waals surface area contributed by atoms with Crippen molar-refractivity contribution in [2.75, 3.05) is 45.2 Å². The minimum absolute atomic E-state index is 0.146. The second-order valence-corrected chi connectivity index (χ2v) is 6.73. The Hall–Kier alpha value is -2.37. The lowest BCUT2D eigenvalue weighted by Crippen LogP contribution is -2.34. The van der Waals surface area contributed by atoms with Gasteiger partial charge in [0.2, 0.25) is 0 Å². The summed E-state index contributed by atoms with van der Waals surface area (Å²) in [7, 11) is 1.73. The van der Waals surface area contributed by atoms with Crippen LogP contribution in [0.15, 0.2) is 54.6 Å². The van der Waals surface area contributed by atoms with Crippen molar-refractivity contribution in [2.24, 2.45) is 5.92 Å². The maximum atomic E-state index is 12.1. The highest BCUT2D eigenvalue weighted by Gasteiger charge is 2.22. The second kappa shape index (κ2) is 9.36. The van der Waals surface area contributed by atoms with Crippen LogP contribution in [0.1, 0.15) is 6.42 Å². The van der Waals surface area contributed by atoms with E-state index in [1.54, 1.807) is 7.11 Å². The van der Waals surface area contributed by atoms with Crippen molar-refractivity contribution >= 4 is 11.7 Å².